The molecule has 114 valence electrons. The third-order valence-electron chi connectivity index (χ3n) is 4.14. The van der Waals surface area contributed by atoms with E-state index in [0.29, 0.717) is 13.0 Å². The van der Waals surface area contributed by atoms with Crippen LogP contribution in [0, 0.1) is 0 Å². The zero-order valence-electron chi connectivity index (χ0n) is 11.6. The van der Waals surface area contributed by atoms with Crippen molar-refractivity contribution >= 4 is 23.3 Å². The quantitative estimate of drug-likeness (QED) is 0.792. The minimum atomic E-state index is -1.30. The fourth-order valence-corrected chi connectivity index (χ4v) is 3.92. The first-order valence-electron chi connectivity index (χ1n) is 7.07. The van der Waals surface area contributed by atoms with E-state index in [1.165, 1.54) is 4.88 Å². The van der Waals surface area contributed by atoms with Crippen LogP contribution in [-0.4, -0.2) is 35.9 Å². The van der Waals surface area contributed by atoms with E-state index < -0.39 is 17.5 Å². The lowest BCUT2D eigenvalue weighted by Crippen LogP contribution is -2.58. The zero-order chi connectivity index (χ0) is 14.9. The molecule has 1 aliphatic heterocycles. The molecule has 0 bridgehead atoms. The SMILES string of the molecule is O=C(NC1CCCc2sccc21)NC1(C(=O)O)CCOC1. The number of carboxylic acid groups (broad SMARTS) is 1. The summed E-state index contributed by atoms with van der Waals surface area (Å²) in [7, 11) is 0. The van der Waals surface area contributed by atoms with E-state index in [4.69, 9.17) is 4.74 Å². The molecule has 2 amide bonds. The van der Waals surface area contributed by atoms with Gasteiger partial charge in [0.25, 0.3) is 0 Å². The lowest BCUT2D eigenvalue weighted by atomic mass is 9.94. The van der Waals surface area contributed by atoms with Crippen molar-refractivity contribution in [3.8, 4) is 0 Å². The maximum Gasteiger partial charge on any atom is 0.332 e. The molecule has 1 fully saturated rings. The standard InChI is InChI=1S/C14H18N2O4S/c17-12(18)14(5-6-20-8-14)16-13(19)15-10-2-1-3-11-9(10)4-7-21-11/h4,7,10H,1-3,5-6,8H2,(H,17,18)(H2,15,16,19). The van der Waals surface area contributed by atoms with Crippen LogP contribution in [0.25, 0.3) is 0 Å². The fourth-order valence-electron chi connectivity index (χ4n) is 2.93. The summed E-state index contributed by atoms with van der Waals surface area (Å²) >= 11 is 1.71. The summed E-state index contributed by atoms with van der Waals surface area (Å²) in [5.74, 6) is -1.05. The number of aryl methyl sites for hydroxylation is 1. The predicted molar refractivity (Wildman–Crippen MR) is 77.5 cm³/mol. The number of hydrogen-bond acceptors (Lipinski definition) is 4. The maximum absolute atomic E-state index is 12.2. The van der Waals surface area contributed by atoms with E-state index in [0.717, 1.165) is 24.8 Å². The second kappa shape index (κ2) is 5.65. The average molecular weight is 310 g/mol. The van der Waals surface area contributed by atoms with E-state index in [2.05, 4.69) is 10.6 Å². The minimum Gasteiger partial charge on any atom is -0.479 e. The Morgan fingerprint density at radius 2 is 2.33 bits per heavy atom. The number of carbonyl (C=O) groups is 2. The molecule has 1 aliphatic carbocycles. The number of hydrogen-bond donors (Lipinski definition) is 3. The number of aliphatic carboxylic acids is 1. The molecule has 0 saturated carbocycles. The first kappa shape index (κ1) is 14.3. The molecule has 1 aromatic heterocycles. The minimum absolute atomic E-state index is 0.0180. The summed E-state index contributed by atoms with van der Waals surface area (Å²) in [6, 6.07) is 1.57. The number of thiophene rings is 1. The highest BCUT2D eigenvalue weighted by atomic mass is 32.1. The molecule has 1 saturated heterocycles. The van der Waals surface area contributed by atoms with Crippen molar-refractivity contribution in [2.45, 2.75) is 37.3 Å². The molecule has 6 nitrogen and oxygen atoms in total. The van der Waals surface area contributed by atoms with Crippen molar-refractivity contribution in [3.63, 3.8) is 0 Å². The van der Waals surface area contributed by atoms with Gasteiger partial charge in [-0.2, -0.15) is 0 Å². The molecular weight excluding hydrogens is 292 g/mol. The van der Waals surface area contributed by atoms with Crippen LogP contribution in [0.15, 0.2) is 11.4 Å². The maximum atomic E-state index is 12.2. The first-order valence-corrected chi connectivity index (χ1v) is 7.95. The number of fused-ring (bicyclic) bond motifs is 1. The van der Waals surface area contributed by atoms with E-state index >= 15 is 0 Å². The molecule has 0 aromatic carbocycles. The van der Waals surface area contributed by atoms with Gasteiger partial charge in [0.15, 0.2) is 5.54 Å². The summed E-state index contributed by atoms with van der Waals surface area (Å²) in [6.45, 7) is 0.370. The van der Waals surface area contributed by atoms with Crippen LogP contribution in [0.3, 0.4) is 0 Å². The van der Waals surface area contributed by atoms with Crippen molar-refractivity contribution in [3.05, 3.63) is 21.9 Å². The Balaban J connectivity index is 1.66. The Labute approximate surface area is 126 Å². The largest absolute Gasteiger partial charge is 0.479 e. The number of carboxylic acids is 1. The summed E-state index contributed by atoms with van der Waals surface area (Å²) in [5.41, 5.74) is -0.135. The summed E-state index contributed by atoms with van der Waals surface area (Å²) in [6.07, 6.45) is 3.27. The van der Waals surface area contributed by atoms with Crippen molar-refractivity contribution < 1.29 is 19.4 Å². The monoisotopic (exact) mass is 310 g/mol. The number of amides is 2. The van der Waals surface area contributed by atoms with Gasteiger partial charge in [-0.25, -0.2) is 9.59 Å². The number of rotatable bonds is 3. The van der Waals surface area contributed by atoms with Crippen molar-refractivity contribution in [1.82, 2.24) is 10.6 Å². The normalized spacial score (nSPS) is 27.9. The molecule has 2 heterocycles. The van der Waals surface area contributed by atoms with Gasteiger partial charge >= 0.3 is 12.0 Å². The van der Waals surface area contributed by atoms with Crippen molar-refractivity contribution in [2.24, 2.45) is 0 Å². The van der Waals surface area contributed by atoms with Crippen LogP contribution >= 0.6 is 11.3 Å². The van der Waals surface area contributed by atoms with Gasteiger partial charge in [-0.3, -0.25) is 0 Å². The van der Waals surface area contributed by atoms with Gasteiger partial charge in [0.2, 0.25) is 0 Å². The molecule has 0 radical (unpaired) electrons. The van der Waals surface area contributed by atoms with E-state index in [9.17, 15) is 14.7 Å². The highest BCUT2D eigenvalue weighted by Crippen LogP contribution is 2.33. The van der Waals surface area contributed by atoms with E-state index in [-0.39, 0.29) is 12.6 Å². The van der Waals surface area contributed by atoms with Gasteiger partial charge in [-0.05, 0) is 36.3 Å². The molecule has 7 heteroatoms. The van der Waals surface area contributed by atoms with E-state index in [1.807, 2.05) is 11.4 Å². The smallest absolute Gasteiger partial charge is 0.332 e. The molecule has 3 rings (SSSR count). The van der Waals surface area contributed by atoms with E-state index in [1.54, 1.807) is 11.3 Å². The summed E-state index contributed by atoms with van der Waals surface area (Å²) in [4.78, 5) is 24.9. The van der Waals surface area contributed by atoms with Gasteiger partial charge in [-0.15, -0.1) is 11.3 Å². The van der Waals surface area contributed by atoms with Crippen LogP contribution in [0.4, 0.5) is 4.79 Å². The van der Waals surface area contributed by atoms with Gasteiger partial charge in [0, 0.05) is 17.9 Å². The third-order valence-corrected chi connectivity index (χ3v) is 5.14. The lowest BCUT2D eigenvalue weighted by molar-refractivity contribution is -0.144. The van der Waals surface area contributed by atoms with Crippen LogP contribution in [0.5, 0.6) is 0 Å². The van der Waals surface area contributed by atoms with Crippen LogP contribution in [0.2, 0.25) is 0 Å². The first-order chi connectivity index (χ1) is 10.1. The Kier molecular flexibility index (Phi) is 3.86. The molecule has 0 spiro atoms. The molecule has 21 heavy (non-hydrogen) atoms. The number of urea groups is 1. The Morgan fingerprint density at radius 3 is 3.05 bits per heavy atom. The fraction of sp³-hybridized carbons (Fsp3) is 0.571. The van der Waals surface area contributed by atoms with Crippen molar-refractivity contribution in [1.29, 1.82) is 0 Å². The Bertz CT molecular complexity index is 551. The Hall–Kier alpha value is -1.60. The lowest BCUT2D eigenvalue weighted by Gasteiger charge is -2.28. The second-order valence-electron chi connectivity index (χ2n) is 5.53. The number of carbonyl (C=O) groups excluding carboxylic acids is 1. The molecule has 3 N–H and O–H groups in total. The number of ether oxygens (including phenoxy) is 1. The van der Waals surface area contributed by atoms with Crippen LogP contribution in [-0.2, 0) is 16.0 Å². The topological polar surface area (TPSA) is 87.7 Å². The van der Waals surface area contributed by atoms with Gasteiger partial charge in [-0.1, -0.05) is 0 Å². The predicted octanol–water partition coefficient (Wildman–Crippen LogP) is 1.67. The molecule has 2 atom stereocenters. The average Bonchev–Trinajstić information content (AvgIpc) is 3.08. The highest BCUT2D eigenvalue weighted by Gasteiger charge is 2.44. The number of nitrogens with one attached hydrogen (secondary N) is 2. The van der Waals surface area contributed by atoms with Crippen molar-refractivity contribution in [2.75, 3.05) is 13.2 Å². The summed E-state index contributed by atoms with van der Waals surface area (Å²) in [5, 5.41) is 16.9. The zero-order valence-corrected chi connectivity index (χ0v) is 12.4. The van der Waals surface area contributed by atoms with Crippen LogP contribution in [0.1, 0.15) is 35.7 Å². The summed E-state index contributed by atoms with van der Waals surface area (Å²) < 4.78 is 5.13. The van der Waals surface area contributed by atoms with Gasteiger partial charge in [0.05, 0.1) is 12.6 Å². The highest BCUT2D eigenvalue weighted by molar-refractivity contribution is 7.10. The molecule has 2 aliphatic rings. The van der Waals surface area contributed by atoms with Crippen LogP contribution < -0.4 is 10.6 Å². The van der Waals surface area contributed by atoms with Gasteiger partial charge < -0.3 is 20.5 Å². The third kappa shape index (κ3) is 2.75. The Morgan fingerprint density at radius 1 is 1.48 bits per heavy atom. The second-order valence-corrected chi connectivity index (χ2v) is 6.53. The molecular formula is C14H18N2O4S. The molecule has 1 aromatic rings. The molecule has 2 unspecified atom stereocenters. The van der Waals surface area contributed by atoms with Gasteiger partial charge in [0.1, 0.15) is 0 Å².